The molecule has 1 aromatic carbocycles. The highest BCUT2D eigenvalue weighted by molar-refractivity contribution is 5.26. The maximum Gasteiger partial charge on any atom is 0.140 e. The van der Waals surface area contributed by atoms with Crippen LogP contribution in [0.15, 0.2) is 48.7 Å². The van der Waals surface area contributed by atoms with Gasteiger partial charge in [-0.05, 0) is 24.7 Å². The van der Waals surface area contributed by atoms with Gasteiger partial charge in [-0.3, -0.25) is 4.90 Å². The van der Waals surface area contributed by atoms with E-state index in [9.17, 15) is 0 Å². The zero-order chi connectivity index (χ0) is 14.2. The molecule has 0 amide bonds. The van der Waals surface area contributed by atoms with E-state index < -0.39 is 0 Å². The van der Waals surface area contributed by atoms with Crippen molar-refractivity contribution < 1.29 is 4.74 Å². The lowest BCUT2D eigenvalue weighted by Gasteiger charge is -2.16. The Hall–Kier alpha value is -2.38. The molecule has 0 spiro atoms. The molecule has 0 saturated heterocycles. The van der Waals surface area contributed by atoms with Crippen molar-refractivity contribution in [1.29, 1.82) is 5.26 Å². The second-order valence-corrected chi connectivity index (χ2v) is 4.56. The van der Waals surface area contributed by atoms with Gasteiger partial charge in [-0.25, -0.2) is 4.98 Å². The predicted octanol–water partition coefficient (Wildman–Crippen LogP) is 2.46. The lowest BCUT2D eigenvalue weighted by Crippen LogP contribution is -2.23. The van der Waals surface area contributed by atoms with E-state index >= 15 is 0 Å². The van der Waals surface area contributed by atoms with Gasteiger partial charge in [-0.2, -0.15) is 5.26 Å². The van der Waals surface area contributed by atoms with Crippen molar-refractivity contribution in [2.75, 3.05) is 20.2 Å². The average Bonchev–Trinajstić information content (AvgIpc) is 2.49. The third kappa shape index (κ3) is 4.38. The Morgan fingerprint density at radius 3 is 2.65 bits per heavy atom. The summed E-state index contributed by atoms with van der Waals surface area (Å²) in [6.07, 6.45) is 1.58. The number of benzene rings is 1. The van der Waals surface area contributed by atoms with E-state index in [0.29, 0.717) is 18.1 Å². The van der Waals surface area contributed by atoms with Crippen molar-refractivity contribution in [3.8, 4) is 11.8 Å². The molecule has 0 saturated carbocycles. The summed E-state index contributed by atoms with van der Waals surface area (Å²) in [7, 11) is 2.06. The predicted molar refractivity (Wildman–Crippen MR) is 77.2 cm³/mol. The Balaban J connectivity index is 1.73. The number of nitrogens with zero attached hydrogens (tertiary/aromatic N) is 3. The molecule has 1 heterocycles. The highest BCUT2D eigenvalue weighted by atomic mass is 16.5. The lowest BCUT2D eigenvalue weighted by molar-refractivity contribution is 0.232. The van der Waals surface area contributed by atoms with Crippen molar-refractivity contribution >= 4 is 0 Å². The average molecular weight is 267 g/mol. The van der Waals surface area contributed by atoms with E-state index in [0.717, 1.165) is 13.1 Å². The van der Waals surface area contributed by atoms with E-state index in [1.54, 1.807) is 18.3 Å². The summed E-state index contributed by atoms with van der Waals surface area (Å²) >= 11 is 0. The van der Waals surface area contributed by atoms with E-state index in [2.05, 4.69) is 29.1 Å². The van der Waals surface area contributed by atoms with E-state index in [1.165, 1.54) is 5.56 Å². The van der Waals surface area contributed by atoms with Crippen LogP contribution in [0.4, 0.5) is 0 Å². The molecule has 0 radical (unpaired) electrons. The molecule has 0 bridgehead atoms. The van der Waals surface area contributed by atoms with Crippen LogP contribution in [0.25, 0.3) is 0 Å². The second kappa shape index (κ2) is 7.27. The molecule has 2 aromatic rings. The summed E-state index contributed by atoms with van der Waals surface area (Å²) in [6, 6.07) is 15.7. The third-order valence-electron chi connectivity index (χ3n) is 2.89. The topological polar surface area (TPSA) is 49.1 Å². The molecule has 0 unspecified atom stereocenters. The first-order valence-corrected chi connectivity index (χ1v) is 6.49. The monoisotopic (exact) mass is 267 g/mol. The molecule has 20 heavy (non-hydrogen) atoms. The molecule has 2 rings (SSSR count). The van der Waals surface area contributed by atoms with Crippen molar-refractivity contribution in [1.82, 2.24) is 9.88 Å². The summed E-state index contributed by atoms with van der Waals surface area (Å²) in [6.45, 7) is 2.32. The van der Waals surface area contributed by atoms with Gasteiger partial charge in [0.25, 0.3) is 0 Å². The largest absolute Gasteiger partial charge is 0.491 e. The maximum atomic E-state index is 8.66. The molecule has 1 aromatic heterocycles. The van der Waals surface area contributed by atoms with Gasteiger partial charge in [0.1, 0.15) is 24.1 Å². The first-order chi connectivity index (χ1) is 9.78. The molecular weight excluding hydrogens is 250 g/mol. The summed E-state index contributed by atoms with van der Waals surface area (Å²) in [5.41, 5.74) is 1.69. The number of ether oxygens (including phenoxy) is 1. The molecule has 0 aliphatic carbocycles. The molecule has 4 nitrogen and oxygen atoms in total. The van der Waals surface area contributed by atoms with Gasteiger partial charge in [-0.1, -0.05) is 30.3 Å². The number of hydrogen-bond donors (Lipinski definition) is 0. The molecule has 0 atom stereocenters. The minimum Gasteiger partial charge on any atom is -0.491 e. The van der Waals surface area contributed by atoms with Crippen molar-refractivity contribution in [2.24, 2.45) is 0 Å². The number of pyridine rings is 1. The number of rotatable bonds is 6. The zero-order valence-corrected chi connectivity index (χ0v) is 11.5. The number of aromatic nitrogens is 1. The number of likely N-dealkylation sites (N-methyl/N-ethyl adjacent to an activating group) is 1. The van der Waals surface area contributed by atoms with Gasteiger partial charge < -0.3 is 4.74 Å². The fraction of sp³-hybridized carbons (Fsp3) is 0.250. The van der Waals surface area contributed by atoms with Gasteiger partial charge in [0.2, 0.25) is 0 Å². The van der Waals surface area contributed by atoms with Crippen LogP contribution >= 0.6 is 0 Å². The molecule has 0 aliphatic heterocycles. The molecule has 0 fully saturated rings. The molecule has 0 aliphatic rings. The summed E-state index contributed by atoms with van der Waals surface area (Å²) in [5.74, 6) is 0.692. The fourth-order valence-electron chi connectivity index (χ4n) is 1.83. The summed E-state index contributed by atoms with van der Waals surface area (Å²) < 4.78 is 5.60. The van der Waals surface area contributed by atoms with Crippen molar-refractivity contribution in [3.05, 3.63) is 59.9 Å². The number of nitriles is 1. The minimum atomic E-state index is 0.401. The van der Waals surface area contributed by atoms with Gasteiger partial charge in [-0.15, -0.1) is 0 Å². The standard InChI is InChI=1S/C16H17N3O/c1-19(13-14-5-3-2-4-6-14)9-10-20-16-8-7-15(11-17)18-12-16/h2-8,12H,9-10,13H2,1H3. The van der Waals surface area contributed by atoms with Crippen molar-refractivity contribution in [3.63, 3.8) is 0 Å². The lowest BCUT2D eigenvalue weighted by atomic mass is 10.2. The van der Waals surface area contributed by atoms with Crippen LogP contribution in [-0.2, 0) is 6.54 Å². The zero-order valence-electron chi connectivity index (χ0n) is 11.5. The summed E-state index contributed by atoms with van der Waals surface area (Å²) in [4.78, 5) is 6.16. The smallest absolute Gasteiger partial charge is 0.140 e. The number of hydrogen-bond acceptors (Lipinski definition) is 4. The maximum absolute atomic E-state index is 8.66. The highest BCUT2D eigenvalue weighted by Crippen LogP contribution is 2.09. The Bertz CT molecular complexity index is 561. The van der Waals surface area contributed by atoms with Crippen LogP contribution in [0.1, 0.15) is 11.3 Å². The first kappa shape index (κ1) is 14.0. The summed E-state index contributed by atoms with van der Waals surface area (Å²) in [5, 5.41) is 8.66. The van der Waals surface area contributed by atoms with Crippen LogP contribution in [0.2, 0.25) is 0 Å². The molecule has 0 N–H and O–H groups in total. The third-order valence-corrected chi connectivity index (χ3v) is 2.89. The van der Waals surface area contributed by atoms with Crippen molar-refractivity contribution in [2.45, 2.75) is 6.54 Å². The van der Waals surface area contributed by atoms with Gasteiger partial charge in [0.15, 0.2) is 0 Å². The van der Waals surface area contributed by atoms with Crippen LogP contribution in [-0.4, -0.2) is 30.1 Å². The Morgan fingerprint density at radius 2 is 2.00 bits per heavy atom. The quantitative estimate of drug-likeness (QED) is 0.806. The van der Waals surface area contributed by atoms with E-state index in [4.69, 9.17) is 10.00 Å². The first-order valence-electron chi connectivity index (χ1n) is 6.49. The highest BCUT2D eigenvalue weighted by Gasteiger charge is 2.01. The molecule has 102 valence electrons. The van der Waals surface area contributed by atoms with Crippen LogP contribution in [0.5, 0.6) is 5.75 Å². The molecule has 4 heteroatoms. The van der Waals surface area contributed by atoms with E-state index in [-0.39, 0.29) is 0 Å². The fourth-order valence-corrected chi connectivity index (χ4v) is 1.83. The normalized spacial score (nSPS) is 10.2. The van der Waals surface area contributed by atoms with Gasteiger partial charge in [0, 0.05) is 13.1 Å². The Labute approximate surface area is 119 Å². The van der Waals surface area contributed by atoms with Crippen LogP contribution in [0, 0.1) is 11.3 Å². The Kier molecular flexibility index (Phi) is 5.10. The van der Waals surface area contributed by atoms with Crippen LogP contribution < -0.4 is 4.74 Å². The Morgan fingerprint density at radius 1 is 1.20 bits per heavy atom. The van der Waals surface area contributed by atoms with Crippen LogP contribution in [0.3, 0.4) is 0 Å². The van der Waals surface area contributed by atoms with Gasteiger partial charge in [0.05, 0.1) is 6.20 Å². The van der Waals surface area contributed by atoms with E-state index in [1.807, 2.05) is 24.3 Å². The second-order valence-electron chi connectivity index (χ2n) is 4.56. The molecular formula is C16H17N3O. The minimum absolute atomic E-state index is 0.401. The SMILES string of the molecule is CN(CCOc1ccc(C#N)nc1)Cc1ccccc1. The van der Waals surface area contributed by atoms with Gasteiger partial charge >= 0.3 is 0 Å².